The van der Waals surface area contributed by atoms with Crippen molar-refractivity contribution < 1.29 is 5.11 Å². The first-order valence-electron chi connectivity index (χ1n) is 7.22. The third kappa shape index (κ3) is 2.11. The average molecular weight is 276 g/mol. The lowest BCUT2D eigenvalue weighted by Gasteiger charge is -2.30. The molecule has 0 atom stereocenters. The zero-order chi connectivity index (χ0) is 14.2. The van der Waals surface area contributed by atoms with Gasteiger partial charge in [0, 0.05) is 18.5 Å². The van der Waals surface area contributed by atoms with Gasteiger partial charge >= 0.3 is 0 Å². The van der Waals surface area contributed by atoms with Gasteiger partial charge in [-0.1, -0.05) is 36.4 Å². The highest BCUT2D eigenvalue weighted by Crippen LogP contribution is 2.28. The maximum absolute atomic E-state index is 9.97. The van der Waals surface area contributed by atoms with E-state index in [1.54, 1.807) is 6.07 Å². The largest absolute Gasteiger partial charge is 0.506 e. The highest BCUT2D eigenvalue weighted by molar-refractivity contribution is 5.85. The lowest BCUT2D eigenvalue weighted by molar-refractivity contribution is 0.480. The molecular weight excluding hydrogens is 260 g/mol. The normalized spacial score (nSPS) is 14.2. The Morgan fingerprint density at radius 3 is 2.67 bits per heavy atom. The van der Waals surface area contributed by atoms with Crippen molar-refractivity contribution in [1.82, 2.24) is 4.98 Å². The highest BCUT2D eigenvalue weighted by Gasteiger charge is 2.17. The second-order valence-electron chi connectivity index (χ2n) is 5.46. The van der Waals surface area contributed by atoms with Crippen LogP contribution in [0.2, 0.25) is 0 Å². The molecule has 3 nitrogen and oxygen atoms in total. The SMILES string of the molecule is Oc1cccc2ccc(N3CCc4ccccc4C3)nc12. The molecule has 0 radical (unpaired) electrons. The Bertz CT molecular complexity index is 813. The zero-order valence-corrected chi connectivity index (χ0v) is 11.7. The maximum Gasteiger partial charge on any atom is 0.141 e. The van der Waals surface area contributed by atoms with Gasteiger partial charge in [-0.05, 0) is 35.7 Å². The monoisotopic (exact) mass is 276 g/mol. The molecule has 2 heterocycles. The summed E-state index contributed by atoms with van der Waals surface area (Å²) >= 11 is 0. The summed E-state index contributed by atoms with van der Waals surface area (Å²) in [5.74, 6) is 1.17. The highest BCUT2D eigenvalue weighted by atomic mass is 16.3. The molecule has 0 aliphatic carbocycles. The summed E-state index contributed by atoms with van der Waals surface area (Å²) < 4.78 is 0. The number of aromatic nitrogens is 1. The summed E-state index contributed by atoms with van der Waals surface area (Å²) in [4.78, 5) is 6.92. The van der Waals surface area contributed by atoms with E-state index in [0.29, 0.717) is 5.52 Å². The smallest absolute Gasteiger partial charge is 0.141 e. The van der Waals surface area contributed by atoms with E-state index >= 15 is 0 Å². The van der Waals surface area contributed by atoms with Gasteiger partial charge < -0.3 is 10.0 Å². The standard InChI is InChI=1S/C18H16N2O/c21-16-7-3-6-14-8-9-17(19-18(14)16)20-11-10-13-4-1-2-5-15(13)12-20/h1-9,21H,10-12H2. The van der Waals surface area contributed by atoms with E-state index in [-0.39, 0.29) is 5.75 Å². The molecule has 0 fully saturated rings. The number of para-hydroxylation sites is 1. The van der Waals surface area contributed by atoms with Crippen LogP contribution in [0, 0.1) is 0 Å². The van der Waals surface area contributed by atoms with Crippen LogP contribution in [-0.4, -0.2) is 16.6 Å². The molecule has 1 aliphatic rings. The van der Waals surface area contributed by atoms with Crippen molar-refractivity contribution in [3.05, 3.63) is 65.7 Å². The number of aromatic hydroxyl groups is 1. The van der Waals surface area contributed by atoms with E-state index in [2.05, 4.69) is 34.1 Å². The Morgan fingerprint density at radius 1 is 0.905 bits per heavy atom. The van der Waals surface area contributed by atoms with Crippen LogP contribution in [0.15, 0.2) is 54.6 Å². The van der Waals surface area contributed by atoms with Crippen molar-refractivity contribution in [2.45, 2.75) is 13.0 Å². The Hall–Kier alpha value is -2.55. The van der Waals surface area contributed by atoms with Crippen LogP contribution in [0.25, 0.3) is 10.9 Å². The molecule has 1 N–H and O–H groups in total. The maximum atomic E-state index is 9.97. The van der Waals surface area contributed by atoms with Crippen molar-refractivity contribution in [2.24, 2.45) is 0 Å². The quantitative estimate of drug-likeness (QED) is 0.739. The number of hydrogen-bond acceptors (Lipinski definition) is 3. The summed E-state index contributed by atoms with van der Waals surface area (Å²) in [6, 6.07) is 18.1. The third-order valence-electron chi connectivity index (χ3n) is 4.14. The fourth-order valence-electron chi connectivity index (χ4n) is 2.99. The molecule has 0 bridgehead atoms. The van der Waals surface area contributed by atoms with Gasteiger partial charge in [0.25, 0.3) is 0 Å². The minimum atomic E-state index is 0.242. The van der Waals surface area contributed by atoms with Crippen LogP contribution in [0.1, 0.15) is 11.1 Å². The topological polar surface area (TPSA) is 36.4 Å². The Morgan fingerprint density at radius 2 is 1.76 bits per heavy atom. The number of phenols is 1. The lowest BCUT2D eigenvalue weighted by atomic mass is 10.00. The summed E-state index contributed by atoms with van der Waals surface area (Å²) in [6.45, 7) is 1.84. The number of pyridine rings is 1. The molecule has 1 aromatic heterocycles. The fourth-order valence-corrected chi connectivity index (χ4v) is 2.99. The van der Waals surface area contributed by atoms with Gasteiger partial charge in [-0.3, -0.25) is 0 Å². The molecule has 104 valence electrons. The number of rotatable bonds is 1. The van der Waals surface area contributed by atoms with E-state index in [1.165, 1.54) is 11.1 Å². The first-order valence-corrected chi connectivity index (χ1v) is 7.22. The van der Waals surface area contributed by atoms with E-state index in [1.807, 2.05) is 24.3 Å². The minimum Gasteiger partial charge on any atom is -0.506 e. The van der Waals surface area contributed by atoms with Crippen LogP contribution in [0.5, 0.6) is 5.75 Å². The third-order valence-corrected chi connectivity index (χ3v) is 4.14. The molecule has 2 aromatic carbocycles. The fraction of sp³-hybridized carbons (Fsp3) is 0.167. The van der Waals surface area contributed by atoms with Crippen molar-refractivity contribution in [1.29, 1.82) is 0 Å². The first-order chi connectivity index (χ1) is 10.3. The predicted molar refractivity (Wildman–Crippen MR) is 84.6 cm³/mol. The van der Waals surface area contributed by atoms with E-state index in [0.717, 1.165) is 30.7 Å². The van der Waals surface area contributed by atoms with Crippen molar-refractivity contribution in [3.63, 3.8) is 0 Å². The van der Waals surface area contributed by atoms with Crippen LogP contribution < -0.4 is 4.90 Å². The number of benzene rings is 2. The van der Waals surface area contributed by atoms with E-state index < -0.39 is 0 Å². The molecular formula is C18H16N2O. The molecule has 21 heavy (non-hydrogen) atoms. The van der Waals surface area contributed by atoms with Crippen LogP contribution in [0.4, 0.5) is 5.82 Å². The van der Waals surface area contributed by atoms with Crippen LogP contribution in [-0.2, 0) is 13.0 Å². The van der Waals surface area contributed by atoms with E-state index in [4.69, 9.17) is 0 Å². The minimum absolute atomic E-state index is 0.242. The van der Waals surface area contributed by atoms with Crippen molar-refractivity contribution in [2.75, 3.05) is 11.4 Å². The van der Waals surface area contributed by atoms with Gasteiger partial charge in [-0.2, -0.15) is 0 Å². The van der Waals surface area contributed by atoms with Gasteiger partial charge in [0.05, 0.1) is 0 Å². The number of fused-ring (bicyclic) bond motifs is 2. The van der Waals surface area contributed by atoms with Gasteiger partial charge in [-0.25, -0.2) is 4.98 Å². The summed E-state index contributed by atoms with van der Waals surface area (Å²) in [5, 5.41) is 10.9. The molecule has 0 saturated carbocycles. The van der Waals surface area contributed by atoms with Gasteiger partial charge in [0.15, 0.2) is 0 Å². The molecule has 0 unspecified atom stereocenters. The number of nitrogens with zero attached hydrogens (tertiary/aromatic N) is 2. The van der Waals surface area contributed by atoms with Crippen molar-refractivity contribution >= 4 is 16.7 Å². The van der Waals surface area contributed by atoms with Crippen LogP contribution in [0.3, 0.4) is 0 Å². The van der Waals surface area contributed by atoms with Gasteiger partial charge in [0.1, 0.15) is 17.1 Å². The molecule has 3 heteroatoms. The molecule has 0 saturated heterocycles. The predicted octanol–water partition coefficient (Wildman–Crippen LogP) is 3.50. The number of phenolic OH excluding ortho intramolecular Hbond substituents is 1. The molecule has 0 spiro atoms. The second kappa shape index (κ2) is 4.77. The van der Waals surface area contributed by atoms with Gasteiger partial charge in [0.2, 0.25) is 0 Å². The second-order valence-corrected chi connectivity index (χ2v) is 5.46. The molecule has 1 aliphatic heterocycles. The molecule has 0 amide bonds. The Balaban J connectivity index is 1.73. The number of anilines is 1. The Kier molecular flexibility index (Phi) is 2.78. The number of hydrogen-bond donors (Lipinski definition) is 1. The lowest BCUT2D eigenvalue weighted by Crippen LogP contribution is -2.30. The summed E-state index contributed by atoms with van der Waals surface area (Å²) in [5.41, 5.74) is 3.47. The summed E-state index contributed by atoms with van der Waals surface area (Å²) in [6.07, 6.45) is 1.04. The van der Waals surface area contributed by atoms with Crippen LogP contribution >= 0.6 is 0 Å². The Labute approximate surface area is 123 Å². The zero-order valence-electron chi connectivity index (χ0n) is 11.7. The molecule has 4 rings (SSSR count). The van der Waals surface area contributed by atoms with E-state index in [9.17, 15) is 5.11 Å². The summed E-state index contributed by atoms with van der Waals surface area (Å²) in [7, 11) is 0. The van der Waals surface area contributed by atoms with Gasteiger partial charge in [-0.15, -0.1) is 0 Å². The first kappa shape index (κ1) is 12.2. The van der Waals surface area contributed by atoms with Crippen molar-refractivity contribution in [3.8, 4) is 5.75 Å². The average Bonchev–Trinajstić information content (AvgIpc) is 2.54. The molecule has 3 aromatic rings.